The lowest BCUT2D eigenvalue weighted by atomic mass is 10.2. The lowest BCUT2D eigenvalue weighted by Crippen LogP contribution is -2.23. The highest BCUT2D eigenvalue weighted by Crippen LogP contribution is 2.14. The van der Waals surface area contributed by atoms with Crippen LogP contribution in [0.25, 0.3) is 0 Å². The summed E-state index contributed by atoms with van der Waals surface area (Å²) in [4.78, 5) is 16.2. The molecule has 2 heterocycles. The number of hydrogen-bond acceptors (Lipinski definition) is 4. The molecule has 0 aliphatic rings. The number of rotatable bonds is 5. The average Bonchev–Trinajstić information content (AvgIpc) is 2.81. The van der Waals surface area contributed by atoms with Crippen LogP contribution >= 0.6 is 11.6 Å². The van der Waals surface area contributed by atoms with Crippen molar-refractivity contribution in [2.24, 2.45) is 7.05 Å². The maximum atomic E-state index is 12.1. The van der Waals surface area contributed by atoms with Gasteiger partial charge in [-0.2, -0.15) is 5.10 Å². The third-order valence-electron chi connectivity index (χ3n) is 2.61. The number of aromatic nitrogens is 3. The van der Waals surface area contributed by atoms with Gasteiger partial charge in [-0.1, -0.05) is 11.6 Å². The molecule has 0 spiro atoms. The van der Waals surface area contributed by atoms with E-state index in [0.29, 0.717) is 24.5 Å². The summed E-state index contributed by atoms with van der Waals surface area (Å²) in [7, 11) is 1.83. The van der Waals surface area contributed by atoms with E-state index in [0.717, 1.165) is 5.69 Å². The molecule has 0 bridgehead atoms. The van der Waals surface area contributed by atoms with Gasteiger partial charge in [-0.3, -0.25) is 9.48 Å². The van der Waals surface area contributed by atoms with Gasteiger partial charge in [0.15, 0.2) is 0 Å². The highest BCUT2D eigenvalue weighted by atomic mass is 35.5. The number of anilines is 1. The van der Waals surface area contributed by atoms with Crippen LogP contribution in [-0.4, -0.2) is 27.2 Å². The lowest BCUT2D eigenvalue weighted by molar-refractivity contribution is 0.0950. The summed E-state index contributed by atoms with van der Waals surface area (Å²) in [5.74, 6) is 0.377. The second-order valence-corrected chi connectivity index (χ2v) is 4.64. The van der Waals surface area contributed by atoms with Crippen LogP contribution in [0.3, 0.4) is 0 Å². The van der Waals surface area contributed by atoms with Gasteiger partial charge in [0, 0.05) is 25.4 Å². The van der Waals surface area contributed by atoms with Gasteiger partial charge in [0.05, 0.1) is 12.2 Å². The van der Waals surface area contributed by atoms with Crippen LogP contribution in [0.1, 0.15) is 23.0 Å². The molecular formula is C13H16ClN5O. The zero-order valence-electron chi connectivity index (χ0n) is 11.4. The lowest BCUT2D eigenvalue weighted by Gasteiger charge is -2.07. The monoisotopic (exact) mass is 293 g/mol. The maximum absolute atomic E-state index is 12.1. The standard InChI is InChI=1S/C13H16ClN5O/c1-3-15-12-7-9(6-11(14)17-12)13(20)16-8-10-4-5-19(2)18-10/h4-7H,3,8H2,1-2H3,(H,15,17)(H,16,20). The van der Waals surface area contributed by atoms with Gasteiger partial charge in [-0.25, -0.2) is 4.98 Å². The van der Waals surface area contributed by atoms with Crippen LogP contribution in [-0.2, 0) is 13.6 Å². The van der Waals surface area contributed by atoms with Gasteiger partial charge < -0.3 is 10.6 Å². The smallest absolute Gasteiger partial charge is 0.251 e. The zero-order chi connectivity index (χ0) is 14.5. The molecule has 0 saturated heterocycles. The molecule has 2 rings (SSSR count). The molecule has 0 unspecified atom stereocenters. The first-order valence-corrected chi connectivity index (χ1v) is 6.64. The summed E-state index contributed by atoms with van der Waals surface area (Å²) >= 11 is 5.90. The van der Waals surface area contributed by atoms with E-state index in [1.807, 2.05) is 26.2 Å². The number of nitrogens with one attached hydrogen (secondary N) is 2. The van der Waals surface area contributed by atoms with Crippen molar-refractivity contribution in [2.75, 3.05) is 11.9 Å². The van der Waals surface area contributed by atoms with Gasteiger partial charge in [-0.05, 0) is 25.1 Å². The third-order valence-corrected chi connectivity index (χ3v) is 2.81. The minimum Gasteiger partial charge on any atom is -0.370 e. The normalized spacial score (nSPS) is 10.3. The van der Waals surface area contributed by atoms with Crippen LogP contribution in [0.2, 0.25) is 5.15 Å². The Balaban J connectivity index is 2.04. The quantitative estimate of drug-likeness (QED) is 0.825. The minimum atomic E-state index is -0.209. The fraction of sp³-hybridized carbons (Fsp3) is 0.308. The van der Waals surface area contributed by atoms with Crippen molar-refractivity contribution in [1.82, 2.24) is 20.1 Å². The van der Waals surface area contributed by atoms with E-state index in [1.165, 1.54) is 6.07 Å². The summed E-state index contributed by atoms with van der Waals surface area (Å²) < 4.78 is 1.69. The Bertz CT molecular complexity index is 611. The molecule has 0 fully saturated rings. The van der Waals surface area contributed by atoms with Gasteiger partial charge in [0.1, 0.15) is 11.0 Å². The van der Waals surface area contributed by atoms with Crippen LogP contribution in [0.5, 0.6) is 0 Å². The number of hydrogen-bond donors (Lipinski definition) is 2. The fourth-order valence-corrected chi connectivity index (χ4v) is 1.94. The minimum absolute atomic E-state index is 0.209. The Morgan fingerprint density at radius 1 is 1.45 bits per heavy atom. The molecule has 0 aliphatic heterocycles. The Labute approximate surface area is 122 Å². The van der Waals surface area contributed by atoms with E-state index in [2.05, 4.69) is 20.7 Å². The molecule has 0 atom stereocenters. The molecular weight excluding hydrogens is 278 g/mol. The largest absolute Gasteiger partial charge is 0.370 e. The van der Waals surface area contributed by atoms with Gasteiger partial charge in [0.25, 0.3) is 5.91 Å². The Morgan fingerprint density at radius 3 is 2.90 bits per heavy atom. The summed E-state index contributed by atoms with van der Waals surface area (Å²) in [6, 6.07) is 5.06. The van der Waals surface area contributed by atoms with Crippen LogP contribution in [0, 0.1) is 0 Å². The van der Waals surface area contributed by atoms with E-state index < -0.39 is 0 Å². The first kappa shape index (κ1) is 14.3. The van der Waals surface area contributed by atoms with Gasteiger partial charge >= 0.3 is 0 Å². The zero-order valence-corrected chi connectivity index (χ0v) is 12.1. The maximum Gasteiger partial charge on any atom is 0.251 e. The summed E-state index contributed by atoms with van der Waals surface area (Å²) in [5, 5.41) is 10.3. The average molecular weight is 294 g/mol. The van der Waals surface area contributed by atoms with Crippen molar-refractivity contribution in [1.29, 1.82) is 0 Å². The molecule has 6 nitrogen and oxygen atoms in total. The topological polar surface area (TPSA) is 71.8 Å². The number of amides is 1. The number of nitrogens with zero attached hydrogens (tertiary/aromatic N) is 3. The number of carbonyl (C=O) groups excluding carboxylic acids is 1. The van der Waals surface area contributed by atoms with Crippen molar-refractivity contribution >= 4 is 23.3 Å². The highest BCUT2D eigenvalue weighted by Gasteiger charge is 2.09. The third kappa shape index (κ3) is 3.71. The van der Waals surface area contributed by atoms with E-state index in [4.69, 9.17) is 11.6 Å². The number of halogens is 1. The number of pyridine rings is 1. The molecule has 2 N–H and O–H groups in total. The van der Waals surface area contributed by atoms with Crippen molar-refractivity contribution in [2.45, 2.75) is 13.5 Å². The van der Waals surface area contributed by atoms with Gasteiger partial charge in [0.2, 0.25) is 0 Å². The first-order chi connectivity index (χ1) is 9.58. The molecule has 106 valence electrons. The molecule has 7 heteroatoms. The molecule has 0 radical (unpaired) electrons. The molecule has 0 saturated carbocycles. The Hall–Kier alpha value is -2.08. The highest BCUT2D eigenvalue weighted by molar-refractivity contribution is 6.29. The predicted molar refractivity (Wildman–Crippen MR) is 77.8 cm³/mol. The second-order valence-electron chi connectivity index (χ2n) is 4.26. The van der Waals surface area contributed by atoms with Crippen molar-refractivity contribution < 1.29 is 4.79 Å². The Morgan fingerprint density at radius 2 is 2.25 bits per heavy atom. The van der Waals surface area contributed by atoms with E-state index in [9.17, 15) is 4.79 Å². The van der Waals surface area contributed by atoms with Crippen molar-refractivity contribution in [3.05, 3.63) is 40.8 Å². The summed E-state index contributed by atoms with van der Waals surface area (Å²) in [6.07, 6.45) is 1.83. The van der Waals surface area contributed by atoms with E-state index in [-0.39, 0.29) is 11.1 Å². The van der Waals surface area contributed by atoms with Crippen LogP contribution in [0.4, 0.5) is 5.82 Å². The second kappa shape index (κ2) is 6.38. The SMILES string of the molecule is CCNc1cc(C(=O)NCc2ccn(C)n2)cc(Cl)n1. The van der Waals surface area contributed by atoms with E-state index >= 15 is 0 Å². The van der Waals surface area contributed by atoms with E-state index in [1.54, 1.807) is 10.7 Å². The number of aryl methyl sites for hydroxylation is 1. The van der Waals surface area contributed by atoms with Crippen molar-refractivity contribution in [3.63, 3.8) is 0 Å². The predicted octanol–water partition coefficient (Wildman–Crippen LogP) is 1.83. The molecule has 2 aromatic heterocycles. The van der Waals surface area contributed by atoms with Crippen LogP contribution in [0.15, 0.2) is 24.4 Å². The molecule has 0 aliphatic carbocycles. The molecule has 20 heavy (non-hydrogen) atoms. The summed E-state index contributed by atoms with van der Waals surface area (Å²) in [6.45, 7) is 3.03. The molecule has 2 aromatic rings. The molecule has 0 aromatic carbocycles. The van der Waals surface area contributed by atoms with Gasteiger partial charge in [-0.15, -0.1) is 0 Å². The van der Waals surface area contributed by atoms with Crippen LogP contribution < -0.4 is 10.6 Å². The fourth-order valence-electron chi connectivity index (χ4n) is 1.73. The summed E-state index contributed by atoms with van der Waals surface area (Å²) in [5.41, 5.74) is 1.27. The molecule has 1 amide bonds. The van der Waals surface area contributed by atoms with Crippen molar-refractivity contribution in [3.8, 4) is 0 Å². The number of carbonyl (C=O) groups is 1. The first-order valence-electron chi connectivity index (χ1n) is 6.26. The Kier molecular flexibility index (Phi) is 4.57.